The summed E-state index contributed by atoms with van der Waals surface area (Å²) in [6, 6.07) is 0. The molecule has 0 aliphatic rings. The average molecular weight is 325 g/mol. The van der Waals surface area contributed by atoms with Gasteiger partial charge in [0.25, 0.3) is 0 Å². The summed E-state index contributed by atoms with van der Waals surface area (Å²) in [6.45, 7) is 7.01. The van der Waals surface area contributed by atoms with Crippen LogP contribution in [-0.4, -0.2) is 19.8 Å². The topological polar surface area (TPSA) is 0 Å². The number of unbranched alkanes of at least 4 members (excludes halogenated alkanes) is 3. The predicted molar refractivity (Wildman–Crippen MR) is 76.7 cm³/mol. The molecule has 0 heterocycles. The molecular formula is C12H30SSn. The number of rotatable bonds is 9. The van der Waals surface area contributed by atoms with Crippen molar-refractivity contribution in [3.63, 3.8) is 0 Å². The monoisotopic (exact) mass is 326 g/mol. The summed E-state index contributed by atoms with van der Waals surface area (Å²) in [5.74, 6) is 0. The van der Waals surface area contributed by atoms with Crippen LogP contribution in [0.25, 0.3) is 0 Å². The first-order chi connectivity index (χ1) is 6.35. The SMILES string of the molecule is CCC[CH2][SnH]([CH2]CCC)[CH2]CCC.S. The van der Waals surface area contributed by atoms with Crippen LogP contribution in [0.2, 0.25) is 13.3 Å². The van der Waals surface area contributed by atoms with E-state index in [4.69, 9.17) is 0 Å². The molecule has 0 aliphatic heterocycles. The first kappa shape index (κ1) is 17.5. The standard InChI is InChI=1S/3C4H9.H2S.Sn.H/c3*1-3-4-2;;;/h3*1,3-4H2,2H3;1H2;;. The van der Waals surface area contributed by atoms with E-state index in [1.807, 2.05) is 0 Å². The molecule has 0 aromatic rings. The third-order valence-electron chi connectivity index (χ3n) is 2.90. The maximum atomic E-state index is 2.34. The molecule has 0 amide bonds. The smallest absolute Gasteiger partial charge is 0.197 e. The van der Waals surface area contributed by atoms with Gasteiger partial charge in [-0.1, -0.05) is 0 Å². The van der Waals surface area contributed by atoms with Crippen LogP contribution in [-0.2, 0) is 0 Å². The molecule has 0 nitrogen and oxygen atoms in total. The second-order valence-corrected chi connectivity index (χ2v) is 14.2. The number of hydrogen-bond donors (Lipinski definition) is 0. The van der Waals surface area contributed by atoms with Gasteiger partial charge in [0.05, 0.1) is 0 Å². The summed E-state index contributed by atoms with van der Waals surface area (Å²) in [7, 11) is 0. The van der Waals surface area contributed by atoms with Crippen molar-refractivity contribution < 1.29 is 0 Å². The van der Waals surface area contributed by atoms with E-state index < -0.39 is 19.8 Å². The van der Waals surface area contributed by atoms with Crippen LogP contribution < -0.4 is 0 Å². The van der Waals surface area contributed by atoms with Gasteiger partial charge in [-0.05, 0) is 0 Å². The Kier molecular flexibility index (Phi) is 17.7. The van der Waals surface area contributed by atoms with Gasteiger partial charge in [0, 0.05) is 0 Å². The van der Waals surface area contributed by atoms with Gasteiger partial charge in [0.15, 0.2) is 0 Å². The molecule has 0 atom stereocenters. The zero-order chi connectivity index (χ0) is 9.94. The summed E-state index contributed by atoms with van der Waals surface area (Å²) in [6.07, 6.45) is 8.87. The van der Waals surface area contributed by atoms with Gasteiger partial charge in [-0.2, -0.15) is 13.5 Å². The van der Waals surface area contributed by atoms with Crippen molar-refractivity contribution in [3.05, 3.63) is 0 Å². The van der Waals surface area contributed by atoms with Gasteiger partial charge in [0.2, 0.25) is 0 Å². The molecule has 14 heavy (non-hydrogen) atoms. The van der Waals surface area contributed by atoms with Crippen molar-refractivity contribution >= 4 is 33.3 Å². The molecule has 0 saturated heterocycles. The van der Waals surface area contributed by atoms with Crippen molar-refractivity contribution in [3.8, 4) is 0 Å². The molecule has 0 N–H and O–H groups in total. The van der Waals surface area contributed by atoms with Gasteiger partial charge in [-0.15, -0.1) is 0 Å². The third-order valence-corrected chi connectivity index (χ3v) is 13.4. The maximum absolute atomic E-state index is 2.34. The Bertz CT molecular complexity index is 77.3. The molecule has 0 fully saturated rings. The molecule has 0 spiro atoms. The van der Waals surface area contributed by atoms with Gasteiger partial charge < -0.3 is 0 Å². The molecular weight excluding hydrogens is 295 g/mol. The Morgan fingerprint density at radius 2 is 0.929 bits per heavy atom. The summed E-state index contributed by atoms with van der Waals surface area (Å²) >= 11 is -0.967. The molecule has 0 aromatic carbocycles. The van der Waals surface area contributed by atoms with Crippen molar-refractivity contribution in [1.82, 2.24) is 0 Å². The first-order valence-electron chi connectivity index (χ1n) is 6.35. The second-order valence-electron chi connectivity index (χ2n) is 4.29. The second kappa shape index (κ2) is 14.1. The van der Waals surface area contributed by atoms with E-state index in [0.717, 1.165) is 0 Å². The minimum absolute atomic E-state index is 0. The summed E-state index contributed by atoms with van der Waals surface area (Å²) in [4.78, 5) is 0. The van der Waals surface area contributed by atoms with E-state index >= 15 is 0 Å². The van der Waals surface area contributed by atoms with Crippen molar-refractivity contribution in [2.45, 2.75) is 72.6 Å². The Balaban J connectivity index is 0. The van der Waals surface area contributed by atoms with E-state index in [2.05, 4.69) is 20.8 Å². The maximum Gasteiger partial charge on any atom is -0.197 e. The van der Waals surface area contributed by atoms with E-state index in [1.54, 1.807) is 13.3 Å². The van der Waals surface area contributed by atoms with E-state index in [-0.39, 0.29) is 13.5 Å². The fourth-order valence-electron chi connectivity index (χ4n) is 1.91. The Morgan fingerprint density at radius 1 is 0.643 bits per heavy atom. The minimum Gasteiger partial charge on any atom is -0.197 e. The van der Waals surface area contributed by atoms with Crippen molar-refractivity contribution in [2.75, 3.05) is 0 Å². The third kappa shape index (κ3) is 11.2. The van der Waals surface area contributed by atoms with E-state index in [9.17, 15) is 0 Å². The predicted octanol–water partition coefficient (Wildman–Crippen LogP) is 4.73. The Labute approximate surface area is 105 Å². The molecule has 2 heteroatoms. The van der Waals surface area contributed by atoms with Crippen molar-refractivity contribution in [2.24, 2.45) is 0 Å². The number of hydrogen-bond acceptors (Lipinski definition) is 0. The zero-order valence-electron chi connectivity index (χ0n) is 10.4. The normalized spacial score (nSPS) is 10.3. The van der Waals surface area contributed by atoms with Gasteiger partial charge >= 0.3 is 92.4 Å². The molecule has 0 aromatic heterocycles. The first-order valence-corrected chi connectivity index (χ1v) is 13.3. The zero-order valence-corrected chi connectivity index (χ0v) is 14.7. The van der Waals surface area contributed by atoms with Crippen LogP contribution in [0.3, 0.4) is 0 Å². The molecule has 0 bridgehead atoms. The van der Waals surface area contributed by atoms with Crippen LogP contribution in [0.1, 0.15) is 59.3 Å². The van der Waals surface area contributed by atoms with Crippen LogP contribution in [0.4, 0.5) is 0 Å². The van der Waals surface area contributed by atoms with Gasteiger partial charge in [0.1, 0.15) is 0 Å². The quantitative estimate of drug-likeness (QED) is 0.538. The molecule has 88 valence electrons. The minimum atomic E-state index is -0.967. The average Bonchev–Trinajstić information content (AvgIpc) is 2.17. The summed E-state index contributed by atoms with van der Waals surface area (Å²) in [5, 5.41) is 0. The molecule has 0 aliphatic carbocycles. The van der Waals surface area contributed by atoms with Crippen LogP contribution >= 0.6 is 13.5 Å². The van der Waals surface area contributed by atoms with Gasteiger partial charge in [-0.25, -0.2) is 0 Å². The molecule has 0 unspecified atom stereocenters. The van der Waals surface area contributed by atoms with Gasteiger partial charge in [-0.3, -0.25) is 0 Å². The van der Waals surface area contributed by atoms with Crippen LogP contribution in [0.15, 0.2) is 0 Å². The molecule has 0 rings (SSSR count). The van der Waals surface area contributed by atoms with E-state index in [1.165, 1.54) is 38.5 Å². The largest absolute Gasteiger partial charge is 0.197 e. The van der Waals surface area contributed by atoms with Crippen LogP contribution in [0, 0.1) is 0 Å². The fourth-order valence-corrected chi connectivity index (χ4v) is 12.8. The Morgan fingerprint density at radius 3 is 1.14 bits per heavy atom. The van der Waals surface area contributed by atoms with Crippen molar-refractivity contribution in [1.29, 1.82) is 0 Å². The molecule has 0 radical (unpaired) electrons. The summed E-state index contributed by atoms with van der Waals surface area (Å²) < 4.78 is 5.08. The Hall–Kier alpha value is 1.15. The van der Waals surface area contributed by atoms with E-state index in [0.29, 0.717) is 0 Å². The summed E-state index contributed by atoms with van der Waals surface area (Å²) in [5.41, 5.74) is 0. The molecule has 0 saturated carbocycles. The van der Waals surface area contributed by atoms with Crippen LogP contribution in [0.5, 0.6) is 0 Å². The fraction of sp³-hybridized carbons (Fsp3) is 1.00.